The van der Waals surface area contributed by atoms with Gasteiger partial charge in [0.05, 0.1) is 18.4 Å². The first-order chi connectivity index (χ1) is 13.2. The molecule has 1 aromatic heterocycles. The Bertz CT molecular complexity index is 919. The number of rotatable bonds is 6. The van der Waals surface area contributed by atoms with Crippen molar-refractivity contribution in [2.45, 2.75) is 13.8 Å². The van der Waals surface area contributed by atoms with E-state index in [0.717, 1.165) is 28.1 Å². The van der Waals surface area contributed by atoms with Crippen LogP contribution in [-0.4, -0.2) is 36.0 Å². The zero-order valence-corrected chi connectivity index (χ0v) is 16.0. The summed E-state index contributed by atoms with van der Waals surface area (Å²) in [6, 6.07) is 19.5. The maximum atomic E-state index is 13.2. The summed E-state index contributed by atoms with van der Waals surface area (Å²) in [7, 11) is 1.64. The van der Waals surface area contributed by atoms with Gasteiger partial charge in [-0.1, -0.05) is 48.5 Å². The lowest BCUT2D eigenvalue weighted by molar-refractivity contribution is 0.0773. The Morgan fingerprint density at radius 1 is 0.963 bits per heavy atom. The van der Waals surface area contributed by atoms with E-state index in [2.05, 4.69) is 4.98 Å². The van der Waals surface area contributed by atoms with Crippen LogP contribution in [0.2, 0.25) is 0 Å². The van der Waals surface area contributed by atoms with E-state index >= 15 is 0 Å². The predicted octanol–water partition coefficient (Wildman–Crippen LogP) is 4.91. The van der Waals surface area contributed by atoms with Crippen LogP contribution in [0.25, 0.3) is 22.4 Å². The number of hydrogen-bond donors (Lipinski definition) is 0. The van der Waals surface area contributed by atoms with E-state index in [4.69, 9.17) is 4.74 Å². The molecule has 0 aliphatic carbocycles. The Kier molecular flexibility index (Phi) is 5.87. The largest absolute Gasteiger partial charge is 0.496 e. The molecule has 0 unspecified atom stereocenters. The van der Waals surface area contributed by atoms with Gasteiger partial charge in [0.2, 0.25) is 0 Å². The third kappa shape index (κ3) is 3.70. The normalized spacial score (nSPS) is 10.5. The summed E-state index contributed by atoms with van der Waals surface area (Å²) in [6.45, 7) is 5.29. The summed E-state index contributed by atoms with van der Waals surface area (Å²) in [5.41, 5.74) is 4.04. The minimum absolute atomic E-state index is 0.000451. The van der Waals surface area contributed by atoms with Crippen LogP contribution in [0.15, 0.2) is 66.9 Å². The monoisotopic (exact) mass is 360 g/mol. The lowest BCUT2D eigenvalue weighted by Crippen LogP contribution is -2.31. The molecular formula is C23H24N2O2. The van der Waals surface area contributed by atoms with Gasteiger partial charge in [-0.3, -0.25) is 9.78 Å². The fraction of sp³-hybridized carbons (Fsp3) is 0.217. The Balaban J connectivity index is 2.31. The number of hydrogen-bond acceptors (Lipinski definition) is 3. The molecule has 0 fully saturated rings. The van der Waals surface area contributed by atoms with Crippen molar-refractivity contribution < 1.29 is 9.53 Å². The second-order valence-corrected chi connectivity index (χ2v) is 6.13. The molecule has 0 atom stereocenters. The van der Waals surface area contributed by atoms with E-state index in [9.17, 15) is 4.79 Å². The average molecular weight is 360 g/mol. The van der Waals surface area contributed by atoms with Gasteiger partial charge in [0.15, 0.2) is 0 Å². The zero-order chi connectivity index (χ0) is 19.2. The molecule has 0 saturated carbocycles. The Labute approximate surface area is 160 Å². The van der Waals surface area contributed by atoms with Gasteiger partial charge in [0, 0.05) is 36.0 Å². The molecule has 3 aromatic rings. The molecule has 3 rings (SSSR count). The van der Waals surface area contributed by atoms with Gasteiger partial charge in [-0.05, 0) is 26.0 Å². The Hall–Kier alpha value is -3.14. The summed E-state index contributed by atoms with van der Waals surface area (Å²) in [6.07, 6.45) is 1.71. The number of aromatic nitrogens is 1. The number of benzene rings is 2. The van der Waals surface area contributed by atoms with Crippen molar-refractivity contribution in [3.8, 4) is 28.1 Å². The number of pyridine rings is 1. The second kappa shape index (κ2) is 8.49. The number of carbonyl (C=O) groups is 1. The molecule has 0 spiro atoms. The number of amides is 1. The Morgan fingerprint density at radius 2 is 1.63 bits per heavy atom. The van der Waals surface area contributed by atoms with E-state index in [1.165, 1.54) is 0 Å². The van der Waals surface area contributed by atoms with Crippen molar-refractivity contribution >= 4 is 5.91 Å². The highest BCUT2D eigenvalue weighted by Gasteiger charge is 2.23. The van der Waals surface area contributed by atoms with Crippen LogP contribution >= 0.6 is 0 Å². The van der Waals surface area contributed by atoms with E-state index in [0.29, 0.717) is 18.7 Å². The summed E-state index contributed by atoms with van der Waals surface area (Å²) >= 11 is 0. The molecule has 2 aromatic carbocycles. The first kappa shape index (κ1) is 18.6. The molecule has 1 heterocycles. The second-order valence-electron chi connectivity index (χ2n) is 6.13. The summed E-state index contributed by atoms with van der Waals surface area (Å²) in [5, 5.41) is 0. The number of ether oxygens (including phenoxy) is 1. The molecule has 4 nitrogen and oxygen atoms in total. The van der Waals surface area contributed by atoms with E-state index < -0.39 is 0 Å². The molecule has 138 valence electrons. The van der Waals surface area contributed by atoms with Gasteiger partial charge >= 0.3 is 0 Å². The van der Waals surface area contributed by atoms with Gasteiger partial charge in [0.25, 0.3) is 5.91 Å². The van der Waals surface area contributed by atoms with E-state index in [1.807, 2.05) is 73.3 Å². The Morgan fingerprint density at radius 3 is 2.30 bits per heavy atom. The minimum Gasteiger partial charge on any atom is -0.496 e. The highest BCUT2D eigenvalue weighted by atomic mass is 16.5. The topological polar surface area (TPSA) is 42.4 Å². The van der Waals surface area contributed by atoms with Crippen LogP contribution in [0, 0.1) is 0 Å². The van der Waals surface area contributed by atoms with Crippen molar-refractivity contribution in [3.63, 3.8) is 0 Å². The fourth-order valence-electron chi connectivity index (χ4n) is 3.26. The number of nitrogens with zero attached hydrogens (tertiary/aromatic N) is 2. The lowest BCUT2D eigenvalue weighted by Gasteiger charge is -2.22. The predicted molar refractivity (Wildman–Crippen MR) is 109 cm³/mol. The van der Waals surface area contributed by atoms with Gasteiger partial charge in [0.1, 0.15) is 5.75 Å². The molecule has 1 amide bonds. The van der Waals surface area contributed by atoms with E-state index in [1.54, 1.807) is 19.4 Å². The highest BCUT2D eigenvalue weighted by Crippen LogP contribution is 2.38. The number of para-hydroxylation sites is 1. The molecule has 27 heavy (non-hydrogen) atoms. The highest BCUT2D eigenvalue weighted by molar-refractivity contribution is 6.04. The van der Waals surface area contributed by atoms with Gasteiger partial charge in [-0.15, -0.1) is 0 Å². The maximum Gasteiger partial charge on any atom is 0.254 e. The summed E-state index contributed by atoms with van der Waals surface area (Å²) < 4.78 is 5.59. The molecule has 0 bridgehead atoms. The van der Waals surface area contributed by atoms with Crippen molar-refractivity contribution in [1.82, 2.24) is 9.88 Å². The molecule has 4 heteroatoms. The summed E-state index contributed by atoms with van der Waals surface area (Å²) in [4.78, 5) is 19.7. The third-order valence-corrected chi connectivity index (χ3v) is 4.66. The molecule has 0 saturated heterocycles. The van der Waals surface area contributed by atoms with Gasteiger partial charge in [-0.25, -0.2) is 0 Å². The first-order valence-corrected chi connectivity index (χ1v) is 9.18. The number of carbonyl (C=O) groups excluding carboxylic acids is 1. The van der Waals surface area contributed by atoms with Crippen LogP contribution in [-0.2, 0) is 0 Å². The van der Waals surface area contributed by atoms with E-state index in [-0.39, 0.29) is 5.91 Å². The standard InChI is InChI=1S/C23H24N2O2/c1-4-25(5-2)23(26)19-15-16-24-22(17-11-7-6-8-12-17)21(19)18-13-9-10-14-20(18)27-3/h6-16H,4-5H2,1-3H3. The maximum absolute atomic E-state index is 13.2. The number of methoxy groups -OCH3 is 1. The van der Waals surface area contributed by atoms with Crippen molar-refractivity contribution in [2.24, 2.45) is 0 Å². The fourth-order valence-corrected chi connectivity index (χ4v) is 3.26. The molecular weight excluding hydrogens is 336 g/mol. The van der Waals surface area contributed by atoms with Crippen LogP contribution in [0.3, 0.4) is 0 Å². The SMILES string of the molecule is CCN(CC)C(=O)c1ccnc(-c2ccccc2)c1-c1ccccc1OC. The molecule has 0 radical (unpaired) electrons. The molecule has 0 aliphatic heterocycles. The van der Waals surface area contributed by atoms with Crippen molar-refractivity contribution in [3.05, 3.63) is 72.4 Å². The molecule has 0 aliphatic rings. The molecule has 0 N–H and O–H groups in total. The van der Waals surface area contributed by atoms with Crippen LogP contribution < -0.4 is 4.74 Å². The van der Waals surface area contributed by atoms with Gasteiger partial charge in [-0.2, -0.15) is 0 Å². The minimum atomic E-state index is 0.000451. The van der Waals surface area contributed by atoms with Crippen LogP contribution in [0.1, 0.15) is 24.2 Å². The third-order valence-electron chi connectivity index (χ3n) is 4.66. The average Bonchev–Trinajstić information content (AvgIpc) is 2.74. The quantitative estimate of drug-likeness (QED) is 0.627. The van der Waals surface area contributed by atoms with Crippen molar-refractivity contribution in [2.75, 3.05) is 20.2 Å². The lowest BCUT2D eigenvalue weighted by atomic mass is 9.93. The van der Waals surface area contributed by atoms with Crippen molar-refractivity contribution in [1.29, 1.82) is 0 Å². The zero-order valence-electron chi connectivity index (χ0n) is 16.0. The smallest absolute Gasteiger partial charge is 0.254 e. The summed E-state index contributed by atoms with van der Waals surface area (Å²) in [5.74, 6) is 0.719. The van der Waals surface area contributed by atoms with Crippen LogP contribution in [0.5, 0.6) is 5.75 Å². The van der Waals surface area contributed by atoms with Crippen LogP contribution in [0.4, 0.5) is 0 Å². The van der Waals surface area contributed by atoms with Gasteiger partial charge < -0.3 is 9.64 Å². The first-order valence-electron chi connectivity index (χ1n) is 9.18.